The molecular formula is C17H24N2O3. The zero-order valence-corrected chi connectivity index (χ0v) is 13.4. The van der Waals surface area contributed by atoms with E-state index in [0.29, 0.717) is 6.54 Å². The lowest BCUT2D eigenvalue weighted by Gasteiger charge is -2.25. The second-order valence-corrected chi connectivity index (χ2v) is 5.79. The first-order chi connectivity index (χ1) is 10.3. The van der Waals surface area contributed by atoms with E-state index >= 15 is 0 Å². The molecule has 22 heavy (non-hydrogen) atoms. The number of hydrogen-bond donors (Lipinski definition) is 2. The van der Waals surface area contributed by atoms with Crippen LogP contribution in [-0.2, 0) is 6.42 Å². The molecule has 0 unspecified atom stereocenters. The molecule has 0 spiro atoms. The Morgan fingerprint density at radius 1 is 1.41 bits per heavy atom. The highest BCUT2D eigenvalue weighted by atomic mass is 16.5. The number of urea groups is 1. The molecule has 0 bridgehead atoms. The second-order valence-electron chi connectivity index (χ2n) is 5.79. The highest BCUT2D eigenvalue weighted by molar-refractivity contribution is 5.73. The van der Waals surface area contributed by atoms with Crippen molar-refractivity contribution < 1.29 is 14.6 Å². The van der Waals surface area contributed by atoms with Crippen LogP contribution in [0.4, 0.5) is 4.79 Å². The number of carbonyl (C=O) groups excluding carboxylic acids is 1. The van der Waals surface area contributed by atoms with Crippen molar-refractivity contribution in [3.05, 3.63) is 29.8 Å². The molecule has 1 rings (SSSR count). The van der Waals surface area contributed by atoms with Crippen molar-refractivity contribution in [1.82, 2.24) is 10.2 Å². The molecule has 0 aliphatic heterocycles. The van der Waals surface area contributed by atoms with Gasteiger partial charge in [0.1, 0.15) is 12.4 Å². The quantitative estimate of drug-likeness (QED) is 0.753. The summed E-state index contributed by atoms with van der Waals surface area (Å²) >= 11 is 0. The third-order valence-electron chi connectivity index (χ3n) is 2.91. The Labute approximate surface area is 132 Å². The Bertz CT molecular complexity index is 512. The largest absolute Gasteiger partial charge is 0.481 e. The smallest absolute Gasteiger partial charge is 0.317 e. The van der Waals surface area contributed by atoms with E-state index in [2.05, 4.69) is 11.2 Å². The summed E-state index contributed by atoms with van der Waals surface area (Å²) in [6.07, 6.45) is 5.85. The second kappa shape index (κ2) is 8.30. The van der Waals surface area contributed by atoms with Crippen LogP contribution in [0.2, 0.25) is 0 Å². The van der Waals surface area contributed by atoms with E-state index in [1.807, 2.05) is 24.3 Å². The van der Waals surface area contributed by atoms with Crippen molar-refractivity contribution in [3.63, 3.8) is 0 Å². The van der Waals surface area contributed by atoms with Crippen LogP contribution in [0.25, 0.3) is 0 Å². The first-order valence-corrected chi connectivity index (χ1v) is 7.18. The van der Waals surface area contributed by atoms with Crippen LogP contribution in [0.1, 0.15) is 19.4 Å². The molecule has 0 aliphatic carbocycles. The van der Waals surface area contributed by atoms with E-state index in [0.717, 1.165) is 17.7 Å². The first kappa shape index (κ1) is 17.9. The van der Waals surface area contributed by atoms with Crippen molar-refractivity contribution in [2.24, 2.45) is 0 Å². The third-order valence-corrected chi connectivity index (χ3v) is 2.91. The molecule has 5 nitrogen and oxygen atoms in total. The average molecular weight is 304 g/mol. The summed E-state index contributed by atoms with van der Waals surface area (Å²) in [4.78, 5) is 13.3. The number of ether oxygens (including phenoxy) is 1. The van der Waals surface area contributed by atoms with Crippen molar-refractivity contribution in [3.8, 4) is 18.1 Å². The van der Waals surface area contributed by atoms with Crippen LogP contribution in [0.15, 0.2) is 24.3 Å². The van der Waals surface area contributed by atoms with Gasteiger partial charge >= 0.3 is 6.03 Å². The maximum absolute atomic E-state index is 11.8. The monoisotopic (exact) mass is 304 g/mol. The van der Waals surface area contributed by atoms with Crippen LogP contribution in [0, 0.1) is 12.3 Å². The lowest BCUT2D eigenvalue weighted by Crippen LogP contribution is -2.45. The summed E-state index contributed by atoms with van der Waals surface area (Å²) in [7, 11) is 1.66. The number of benzene rings is 1. The molecule has 0 atom stereocenters. The lowest BCUT2D eigenvalue weighted by atomic mass is 10.1. The summed E-state index contributed by atoms with van der Waals surface area (Å²) in [6.45, 7) is 4.39. The Kier molecular flexibility index (Phi) is 6.74. The molecule has 0 aliphatic rings. The normalized spacial score (nSPS) is 10.7. The molecule has 2 amide bonds. The highest BCUT2D eigenvalue weighted by Gasteiger charge is 2.18. The molecule has 1 aromatic carbocycles. The van der Waals surface area contributed by atoms with Gasteiger partial charge in [0, 0.05) is 13.6 Å². The molecule has 1 aromatic rings. The van der Waals surface area contributed by atoms with E-state index in [1.54, 1.807) is 20.9 Å². The van der Waals surface area contributed by atoms with Crippen LogP contribution < -0.4 is 10.1 Å². The number of likely N-dealkylation sites (N-methyl/N-ethyl adjacent to an activating group) is 1. The minimum absolute atomic E-state index is 0.198. The molecule has 120 valence electrons. The van der Waals surface area contributed by atoms with E-state index in [1.165, 1.54) is 4.90 Å². The van der Waals surface area contributed by atoms with Gasteiger partial charge < -0.3 is 20.1 Å². The van der Waals surface area contributed by atoms with Crippen molar-refractivity contribution in [2.45, 2.75) is 25.9 Å². The van der Waals surface area contributed by atoms with Gasteiger partial charge in [-0.25, -0.2) is 4.79 Å². The molecule has 0 saturated heterocycles. The molecule has 0 fully saturated rings. The molecular weight excluding hydrogens is 280 g/mol. The first-order valence-electron chi connectivity index (χ1n) is 7.18. The van der Waals surface area contributed by atoms with Crippen LogP contribution in [0.3, 0.4) is 0 Å². The van der Waals surface area contributed by atoms with Crippen molar-refractivity contribution in [1.29, 1.82) is 0 Å². The fourth-order valence-corrected chi connectivity index (χ4v) is 1.98. The molecule has 0 saturated carbocycles. The Morgan fingerprint density at radius 3 is 2.59 bits per heavy atom. The number of hydrogen-bond acceptors (Lipinski definition) is 3. The fraction of sp³-hybridized carbons (Fsp3) is 0.471. The zero-order chi connectivity index (χ0) is 16.6. The highest BCUT2D eigenvalue weighted by Crippen LogP contribution is 2.12. The maximum Gasteiger partial charge on any atom is 0.317 e. The Hall–Kier alpha value is -2.19. The number of nitrogens with zero attached hydrogens (tertiary/aromatic N) is 1. The fourth-order valence-electron chi connectivity index (χ4n) is 1.98. The van der Waals surface area contributed by atoms with E-state index < -0.39 is 5.60 Å². The zero-order valence-electron chi connectivity index (χ0n) is 13.4. The van der Waals surface area contributed by atoms with Crippen LogP contribution >= 0.6 is 0 Å². The molecule has 5 heteroatoms. The molecule has 2 N–H and O–H groups in total. The number of carbonyl (C=O) groups is 1. The molecule has 0 heterocycles. The Morgan fingerprint density at radius 2 is 2.05 bits per heavy atom. The van der Waals surface area contributed by atoms with Crippen molar-refractivity contribution in [2.75, 3.05) is 26.7 Å². The van der Waals surface area contributed by atoms with Gasteiger partial charge in [0.2, 0.25) is 0 Å². The summed E-state index contributed by atoms with van der Waals surface area (Å²) in [5, 5.41) is 12.5. The number of terminal acetylenes is 1. The minimum Gasteiger partial charge on any atom is -0.481 e. The number of nitrogens with one attached hydrogen (secondary N) is 1. The number of amides is 2. The van der Waals surface area contributed by atoms with Gasteiger partial charge in [0.25, 0.3) is 0 Å². The third kappa shape index (κ3) is 7.00. The van der Waals surface area contributed by atoms with Gasteiger partial charge in [-0.1, -0.05) is 18.1 Å². The summed E-state index contributed by atoms with van der Waals surface area (Å²) < 4.78 is 5.29. The van der Waals surface area contributed by atoms with Gasteiger partial charge in [0.05, 0.1) is 12.1 Å². The Balaban J connectivity index is 2.35. The maximum atomic E-state index is 11.8. The van der Waals surface area contributed by atoms with Crippen LogP contribution in [0.5, 0.6) is 5.75 Å². The van der Waals surface area contributed by atoms with Crippen molar-refractivity contribution >= 4 is 6.03 Å². The van der Waals surface area contributed by atoms with Gasteiger partial charge in [-0.2, -0.15) is 0 Å². The summed E-state index contributed by atoms with van der Waals surface area (Å²) in [5.74, 6) is 3.14. The topological polar surface area (TPSA) is 61.8 Å². The van der Waals surface area contributed by atoms with Gasteiger partial charge in [-0.3, -0.25) is 0 Å². The molecule has 0 radical (unpaired) electrons. The predicted molar refractivity (Wildman–Crippen MR) is 86.8 cm³/mol. The van der Waals surface area contributed by atoms with E-state index in [4.69, 9.17) is 11.2 Å². The van der Waals surface area contributed by atoms with Gasteiger partial charge in [0.15, 0.2) is 0 Å². The van der Waals surface area contributed by atoms with E-state index in [9.17, 15) is 9.90 Å². The number of rotatable bonds is 7. The standard InChI is InChI=1S/C17H24N2O3/c1-5-12-22-15-8-6-14(7-9-15)10-11-18-16(20)19(4)13-17(2,3)21/h1,6-9,21H,10-13H2,2-4H3,(H,18,20). The summed E-state index contributed by atoms with van der Waals surface area (Å²) in [6, 6.07) is 7.40. The number of aliphatic hydroxyl groups is 1. The van der Waals surface area contributed by atoms with Gasteiger partial charge in [-0.05, 0) is 38.0 Å². The minimum atomic E-state index is -0.902. The SMILES string of the molecule is C#CCOc1ccc(CCNC(=O)N(C)CC(C)(C)O)cc1. The predicted octanol–water partition coefficient (Wildman–Crippen LogP) is 1.65. The lowest BCUT2D eigenvalue weighted by molar-refractivity contribution is 0.0532. The van der Waals surface area contributed by atoms with Crippen LogP contribution in [-0.4, -0.2) is 48.4 Å². The molecule has 0 aromatic heterocycles. The summed E-state index contributed by atoms with van der Waals surface area (Å²) in [5.41, 5.74) is 0.193. The van der Waals surface area contributed by atoms with Gasteiger partial charge in [-0.15, -0.1) is 6.42 Å². The van der Waals surface area contributed by atoms with E-state index in [-0.39, 0.29) is 19.2 Å². The average Bonchev–Trinajstić information content (AvgIpc) is 2.44.